The van der Waals surface area contributed by atoms with Gasteiger partial charge in [0.2, 0.25) is 6.79 Å². The predicted octanol–water partition coefficient (Wildman–Crippen LogP) is 3.55. The number of benzene rings is 2. The van der Waals surface area contributed by atoms with E-state index in [1.165, 1.54) is 27.8 Å². The molecule has 0 aromatic heterocycles. The number of hydrogen-bond acceptors (Lipinski definition) is 8. The van der Waals surface area contributed by atoms with Gasteiger partial charge in [0.1, 0.15) is 0 Å². The zero-order valence-corrected chi connectivity index (χ0v) is 22.3. The molecule has 0 amide bonds. The number of carbonyl (C=O) groups is 1. The summed E-state index contributed by atoms with van der Waals surface area (Å²) in [6, 6.07) is 10.7. The average Bonchev–Trinajstić information content (AvgIpc) is 3.47. The van der Waals surface area contributed by atoms with Gasteiger partial charge in [-0.1, -0.05) is 29.3 Å². The summed E-state index contributed by atoms with van der Waals surface area (Å²) in [5, 5.41) is 9.01. The van der Waals surface area contributed by atoms with Crippen LogP contribution >= 0.6 is 0 Å². The summed E-state index contributed by atoms with van der Waals surface area (Å²) in [6.45, 7) is 6.06. The van der Waals surface area contributed by atoms with Gasteiger partial charge in [-0.15, -0.1) is 0 Å². The molecule has 37 heavy (non-hydrogen) atoms. The maximum Gasteiger partial charge on any atom is 0.310 e. The van der Waals surface area contributed by atoms with Crippen molar-refractivity contribution in [3.8, 4) is 11.5 Å². The zero-order valence-electron chi connectivity index (χ0n) is 22.3. The third kappa shape index (κ3) is 6.26. The van der Waals surface area contributed by atoms with E-state index in [2.05, 4.69) is 48.9 Å². The zero-order chi connectivity index (χ0) is 26.5. The molecular weight excluding hydrogens is 476 g/mol. The highest BCUT2D eigenvalue weighted by Crippen LogP contribution is 2.50. The average molecular weight is 515 g/mol. The SMILES string of the molecule is COC.COC1COCC(O)C1.Cc1cc(C)cc(C2c3cc4c(cc3CC3COC(=O)C32)OCO4)c1. The van der Waals surface area contributed by atoms with E-state index in [1.807, 2.05) is 0 Å². The first-order valence-electron chi connectivity index (χ1n) is 12.7. The van der Waals surface area contributed by atoms with Crippen LogP contribution in [-0.2, 0) is 30.2 Å². The van der Waals surface area contributed by atoms with Crippen molar-refractivity contribution in [2.45, 2.75) is 44.8 Å². The minimum absolute atomic E-state index is 0.0110. The van der Waals surface area contributed by atoms with Crippen molar-refractivity contribution in [3.63, 3.8) is 0 Å². The quantitative estimate of drug-likeness (QED) is 0.609. The van der Waals surface area contributed by atoms with Gasteiger partial charge in [-0.3, -0.25) is 4.79 Å². The molecule has 6 rings (SSSR count). The summed E-state index contributed by atoms with van der Waals surface area (Å²) in [7, 11) is 4.88. The molecule has 0 radical (unpaired) electrons. The van der Waals surface area contributed by atoms with E-state index in [9.17, 15) is 4.79 Å². The Morgan fingerprint density at radius 2 is 1.57 bits per heavy atom. The second-order valence-electron chi connectivity index (χ2n) is 10.1. The van der Waals surface area contributed by atoms with Crippen molar-refractivity contribution in [2.24, 2.45) is 11.8 Å². The van der Waals surface area contributed by atoms with E-state index >= 15 is 0 Å². The van der Waals surface area contributed by atoms with Gasteiger partial charge in [0.25, 0.3) is 0 Å². The Morgan fingerprint density at radius 3 is 2.19 bits per heavy atom. The van der Waals surface area contributed by atoms with E-state index in [0.29, 0.717) is 26.2 Å². The van der Waals surface area contributed by atoms with Gasteiger partial charge in [-0.25, -0.2) is 0 Å². The number of methoxy groups -OCH3 is 2. The molecule has 8 heteroatoms. The fourth-order valence-corrected chi connectivity index (χ4v) is 5.63. The van der Waals surface area contributed by atoms with Crippen LogP contribution in [0, 0.1) is 25.7 Å². The van der Waals surface area contributed by atoms with Crippen LogP contribution in [0.15, 0.2) is 30.3 Å². The number of aryl methyl sites for hydroxylation is 2. The van der Waals surface area contributed by atoms with Gasteiger partial charge in [0, 0.05) is 39.6 Å². The first-order valence-corrected chi connectivity index (χ1v) is 12.7. The predicted molar refractivity (Wildman–Crippen MR) is 137 cm³/mol. The Bertz CT molecular complexity index is 1060. The molecule has 4 aliphatic rings. The molecule has 0 saturated carbocycles. The molecule has 3 aliphatic heterocycles. The van der Waals surface area contributed by atoms with Crippen LogP contribution in [0.2, 0.25) is 0 Å². The van der Waals surface area contributed by atoms with Gasteiger partial charge in [0.15, 0.2) is 11.5 Å². The van der Waals surface area contributed by atoms with Gasteiger partial charge in [-0.2, -0.15) is 0 Å². The molecule has 1 N–H and O–H groups in total. The Morgan fingerprint density at radius 1 is 0.892 bits per heavy atom. The van der Waals surface area contributed by atoms with Crippen molar-refractivity contribution < 1.29 is 38.3 Å². The number of aliphatic hydroxyl groups excluding tert-OH is 1. The highest BCUT2D eigenvalue weighted by atomic mass is 16.7. The lowest BCUT2D eigenvalue weighted by Crippen LogP contribution is -2.33. The number of fused-ring (bicyclic) bond motifs is 3. The largest absolute Gasteiger partial charge is 0.465 e. The Labute approximate surface area is 218 Å². The first kappa shape index (κ1) is 27.4. The smallest absolute Gasteiger partial charge is 0.310 e. The molecule has 5 unspecified atom stereocenters. The van der Waals surface area contributed by atoms with E-state index < -0.39 is 0 Å². The van der Waals surface area contributed by atoms with E-state index in [4.69, 9.17) is 28.8 Å². The molecule has 8 nitrogen and oxygen atoms in total. The van der Waals surface area contributed by atoms with Crippen LogP contribution in [-0.4, -0.2) is 71.2 Å². The highest BCUT2D eigenvalue weighted by molar-refractivity contribution is 5.78. The van der Waals surface area contributed by atoms with Crippen LogP contribution in [0.4, 0.5) is 0 Å². The second kappa shape index (κ2) is 12.3. The van der Waals surface area contributed by atoms with Gasteiger partial charge in [0.05, 0.1) is 37.9 Å². The molecule has 2 aromatic carbocycles. The number of hydrogen-bond donors (Lipinski definition) is 1. The lowest BCUT2D eigenvalue weighted by atomic mass is 9.67. The molecule has 202 valence electrons. The number of carbonyl (C=O) groups excluding carboxylic acids is 1. The summed E-state index contributed by atoms with van der Waals surface area (Å²) in [4.78, 5) is 12.5. The molecule has 0 bridgehead atoms. The molecule has 2 aromatic rings. The Balaban J connectivity index is 0.000000224. The molecule has 1 aliphatic carbocycles. The standard InChI is InChI=1S/C21H20O4.C6H12O3.C2H6O/c1-11-3-12(2)5-14(4-11)19-16-8-18-17(24-10-25-18)7-13(16)6-15-9-23-21(22)20(15)19;1-8-6-2-5(7)3-9-4-6;1-3-2/h3-5,7-8,15,19-20H,6,9-10H2,1-2H3;5-7H,2-4H2,1H3;1-2H3. The number of cyclic esters (lactones) is 1. The van der Waals surface area contributed by atoms with Crippen molar-refractivity contribution in [1.82, 2.24) is 0 Å². The summed E-state index contributed by atoms with van der Waals surface area (Å²) in [5.74, 6) is 1.63. The topological polar surface area (TPSA) is 92.7 Å². The number of rotatable bonds is 2. The summed E-state index contributed by atoms with van der Waals surface area (Å²) in [6.07, 6.45) is 1.32. The van der Waals surface area contributed by atoms with Crippen molar-refractivity contribution in [3.05, 3.63) is 58.1 Å². The molecule has 2 saturated heterocycles. The third-order valence-electron chi connectivity index (χ3n) is 7.12. The molecular formula is C29H38O8. The van der Waals surface area contributed by atoms with E-state index in [0.717, 1.165) is 17.9 Å². The van der Waals surface area contributed by atoms with E-state index in [-0.39, 0.29) is 42.7 Å². The number of ether oxygens (including phenoxy) is 6. The van der Waals surface area contributed by atoms with Crippen LogP contribution in [0.5, 0.6) is 11.5 Å². The maximum atomic E-state index is 12.5. The summed E-state index contributed by atoms with van der Waals surface area (Å²) >= 11 is 0. The van der Waals surface area contributed by atoms with Crippen molar-refractivity contribution >= 4 is 5.97 Å². The van der Waals surface area contributed by atoms with Gasteiger partial charge < -0.3 is 33.5 Å². The van der Waals surface area contributed by atoms with E-state index in [1.54, 1.807) is 21.3 Å². The number of aliphatic hydroxyl groups is 1. The first-order chi connectivity index (χ1) is 17.8. The lowest BCUT2D eigenvalue weighted by Gasteiger charge is -2.33. The summed E-state index contributed by atoms with van der Waals surface area (Å²) < 4.78 is 30.8. The Hall–Kier alpha value is -2.65. The van der Waals surface area contributed by atoms with Crippen LogP contribution < -0.4 is 9.47 Å². The summed E-state index contributed by atoms with van der Waals surface area (Å²) in [5.41, 5.74) is 6.03. The van der Waals surface area contributed by atoms with Crippen LogP contribution in [0.3, 0.4) is 0 Å². The van der Waals surface area contributed by atoms with Crippen LogP contribution in [0.25, 0.3) is 0 Å². The highest BCUT2D eigenvalue weighted by Gasteiger charge is 2.48. The molecule has 3 heterocycles. The second-order valence-corrected chi connectivity index (χ2v) is 10.1. The van der Waals surface area contributed by atoms with Crippen molar-refractivity contribution in [2.75, 3.05) is 47.9 Å². The fourth-order valence-electron chi connectivity index (χ4n) is 5.63. The number of esters is 1. The monoisotopic (exact) mass is 514 g/mol. The molecule has 2 fully saturated rings. The minimum atomic E-state index is -0.330. The maximum absolute atomic E-state index is 12.5. The Kier molecular flexibility index (Phi) is 9.08. The van der Waals surface area contributed by atoms with Crippen molar-refractivity contribution in [1.29, 1.82) is 0 Å². The fraction of sp³-hybridized carbons (Fsp3) is 0.552. The third-order valence-corrected chi connectivity index (χ3v) is 7.12. The minimum Gasteiger partial charge on any atom is -0.465 e. The lowest BCUT2D eigenvalue weighted by molar-refractivity contribution is -0.141. The molecule has 0 spiro atoms. The normalized spacial score (nSPS) is 27.1. The van der Waals surface area contributed by atoms with Gasteiger partial charge in [-0.05, 0) is 49.1 Å². The van der Waals surface area contributed by atoms with Crippen LogP contribution in [0.1, 0.15) is 40.2 Å². The van der Waals surface area contributed by atoms with Gasteiger partial charge >= 0.3 is 5.97 Å². The molecule has 5 atom stereocenters.